The summed E-state index contributed by atoms with van der Waals surface area (Å²) in [4.78, 5) is 4.44. The first-order chi connectivity index (χ1) is 15.1. The fourth-order valence-corrected chi connectivity index (χ4v) is 4.65. The molecule has 0 N–H and O–H groups in total. The number of para-hydroxylation sites is 2. The predicted molar refractivity (Wildman–Crippen MR) is 127 cm³/mol. The fourth-order valence-electron chi connectivity index (χ4n) is 4.65. The van der Waals surface area contributed by atoms with Crippen molar-refractivity contribution in [1.82, 2.24) is 9.55 Å². The van der Waals surface area contributed by atoms with Crippen molar-refractivity contribution in [2.75, 3.05) is 0 Å². The van der Waals surface area contributed by atoms with Crippen molar-refractivity contribution in [2.45, 2.75) is 20.8 Å². The maximum absolute atomic E-state index is 4.44. The Morgan fingerprint density at radius 1 is 0.742 bits per heavy atom. The van der Waals surface area contributed by atoms with Gasteiger partial charge in [-0.05, 0) is 78.9 Å². The molecule has 31 heavy (non-hydrogen) atoms. The van der Waals surface area contributed by atoms with E-state index in [9.17, 15) is 0 Å². The van der Waals surface area contributed by atoms with Crippen LogP contribution in [0.5, 0.6) is 0 Å². The van der Waals surface area contributed by atoms with E-state index >= 15 is 0 Å². The lowest BCUT2D eigenvalue weighted by molar-refractivity contribution is -0.633. The minimum absolute atomic E-state index is 1.14. The zero-order valence-corrected chi connectivity index (χ0v) is 18.4. The van der Waals surface area contributed by atoms with Crippen LogP contribution in [0.4, 0.5) is 0 Å². The molecule has 152 valence electrons. The third kappa shape index (κ3) is 3.14. The van der Waals surface area contributed by atoms with Gasteiger partial charge < -0.3 is 0 Å². The van der Waals surface area contributed by atoms with Crippen LogP contribution < -0.4 is 4.57 Å². The number of pyridine rings is 1. The van der Waals surface area contributed by atoms with Crippen LogP contribution in [-0.2, 0) is 7.05 Å². The molecule has 2 aromatic heterocycles. The van der Waals surface area contributed by atoms with E-state index in [4.69, 9.17) is 0 Å². The maximum Gasteiger partial charge on any atom is 0.296 e. The number of rotatable bonds is 3. The zero-order valence-electron chi connectivity index (χ0n) is 18.4. The molecule has 0 aliphatic carbocycles. The summed E-state index contributed by atoms with van der Waals surface area (Å²) in [5.74, 6) is 1.14. The molecule has 0 fully saturated rings. The number of hydrogen-bond acceptors (Lipinski definition) is 1. The summed E-state index contributed by atoms with van der Waals surface area (Å²) in [5, 5.41) is 0. The van der Waals surface area contributed by atoms with Gasteiger partial charge in [-0.2, -0.15) is 4.57 Å². The number of fused-ring (bicyclic) bond motifs is 1. The zero-order chi connectivity index (χ0) is 21.5. The average molecular weight is 405 g/mol. The Labute approximate surface area is 183 Å². The molecule has 2 heterocycles. The van der Waals surface area contributed by atoms with Crippen LogP contribution in [0.25, 0.3) is 39.2 Å². The molecule has 0 saturated heterocycles. The van der Waals surface area contributed by atoms with Gasteiger partial charge >= 0.3 is 0 Å². The van der Waals surface area contributed by atoms with Gasteiger partial charge in [-0.3, -0.25) is 4.98 Å². The van der Waals surface area contributed by atoms with Crippen molar-refractivity contribution in [3.05, 3.63) is 102 Å². The quantitative estimate of drug-likeness (QED) is 0.333. The van der Waals surface area contributed by atoms with E-state index < -0.39 is 0 Å². The van der Waals surface area contributed by atoms with Gasteiger partial charge in [0, 0.05) is 12.4 Å². The third-order valence-electron chi connectivity index (χ3n) is 6.12. The number of nitrogens with zero attached hydrogens (tertiary/aromatic N) is 3. The molecular weight excluding hydrogens is 378 g/mol. The van der Waals surface area contributed by atoms with E-state index in [-0.39, 0.29) is 0 Å². The van der Waals surface area contributed by atoms with Crippen LogP contribution in [0.2, 0.25) is 0 Å². The van der Waals surface area contributed by atoms with Gasteiger partial charge in [-0.15, -0.1) is 0 Å². The van der Waals surface area contributed by atoms with Crippen LogP contribution in [0, 0.1) is 20.8 Å². The highest BCUT2D eigenvalue weighted by Gasteiger charge is 2.29. The molecule has 0 radical (unpaired) electrons. The van der Waals surface area contributed by atoms with E-state index in [2.05, 4.69) is 115 Å². The number of benzene rings is 3. The summed E-state index contributed by atoms with van der Waals surface area (Å²) in [5.41, 5.74) is 11.0. The molecule has 0 aliphatic heterocycles. The summed E-state index contributed by atoms with van der Waals surface area (Å²) in [6, 6.07) is 25.9. The Kier molecular flexibility index (Phi) is 4.67. The minimum Gasteiger partial charge on any atom is -0.264 e. The van der Waals surface area contributed by atoms with E-state index in [0.29, 0.717) is 0 Å². The highest BCUT2D eigenvalue weighted by atomic mass is 15.2. The van der Waals surface area contributed by atoms with Gasteiger partial charge in [0.25, 0.3) is 5.82 Å². The summed E-state index contributed by atoms with van der Waals surface area (Å²) < 4.78 is 4.68. The summed E-state index contributed by atoms with van der Waals surface area (Å²) in [6.07, 6.45) is 3.83. The van der Waals surface area contributed by atoms with E-state index in [0.717, 1.165) is 11.4 Å². The summed E-state index contributed by atoms with van der Waals surface area (Å²) >= 11 is 0. The van der Waals surface area contributed by atoms with Crippen molar-refractivity contribution < 1.29 is 4.57 Å². The Hall–Kier alpha value is -3.72. The topological polar surface area (TPSA) is 21.7 Å². The summed E-state index contributed by atoms with van der Waals surface area (Å²) in [6.45, 7) is 6.57. The van der Waals surface area contributed by atoms with Crippen LogP contribution in [-0.4, -0.2) is 9.55 Å². The van der Waals surface area contributed by atoms with Gasteiger partial charge in [0.15, 0.2) is 11.0 Å². The van der Waals surface area contributed by atoms with Crippen LogP contribution in [0.1, 0.15) is 16.7 Å². The van der Waals surface area contributed by atoms with E-state index in [1.54, 1.807) is 0 Å². The number of imidazole rings is 1. The first-order valence-electron chi connectivity index (χ1n) is 10.6. The lowest BCUT2D eigenvalue weighted by Gasteiger charge is -2.13. The van der Waals surface area contributed by atoms with Crippen molar-refractivity contribution in [3.63, 3.8) is 0 Å². The van der Waals surface area contributed by atoms with E-state index in [1.165, 1.54) is 44.5 Å². The maximum atomic E-state index is 4.44. The standard InChI is InChI=1S/C28H26N3/c1-19-14-15-29-18-24(19)28-30(4)25-12-8-9-13-26(25)31(28)27-20(2)16-23(17-21(27)3)22-10-6-5-7-11-22/h5-18H,1-4H3/q+1. The minimum atomic E-state index is 1.14. The second-order valence-corrected chi connectivity index (χ2v) is 8.22. The van der Waals surface area contributed by atoms with Crippen LogP contribution >= 0.6 is 0 Å². The first kappa shape index (κ1) is 19.3. The molecule has 3 heteroatoms. The molecule has 5 rings (SSSR count). The van der Waals surface area contributed by atoms with Crippen molar-refractivity contribution in [2.24, 2.45) is 7.05 Å². The molecule has 3 nitrogen and oxygen atoms in total. The third-order valence-corrected chi connectivity index (χ3v) is 6.12. The smallest absolute Gasteiger partial charge is 0.264 e. The van der Waals surface area contributed by atoms with Crippen LogP contribution in [0.15, 0.2) is 85.2 Å². The Bertz CT molecular complexity index is 1390. The molecule has 0 atom stereocenters. The largest absolute Gasteiger partial charge is 0.296 e. The predicted octanol–water partition coefficient (Wildman–Crippen LogP) is 6.11. The second kappa shape index (κ2) is 7.51. The second-order valence-electron chi connectivity index (χ2n) is 8.22. The van der Waals surface area contributed by atoms with Crippen molar-refractivity contribution in [1.29, 1.82) is 0 Å². The van der Waals surface area contributed by atoms with Crippen LogP contribution in [0.3, 0.4) is 0 Å². The fraction of sp³-hybridized carbons (Fsp3) is 0.143. The Morgan fingerprint density at radius 2 is 1.42 bits per heavy atom. The Balaban J connectivity index is 1.84. The van der Waals surface area contributed by atoms with Crippen molar-refractivity contribution >= 4 is 11.0 Å². The van der Waals surface area contributed by atoms with Crippen molar-refractivity contribution in [3.8, 4) is 28.2 Å². The lowest BCUT2D eigenvalue weighted by atomic mass is 9.98. The molecular formula is C28H26N3+. The molecule has 3 aromatic carbocycles. The molecule has 0 aliphatic rings. The lowest BCUT2D eigenvalue weighted by Crippen LogP contribution is -2.30. The molecule has 0 saturated carbocycles. The van der Waals surface area contributed by atoms with Gasteiger partial charge in [0.1, 0.15) is 5.69 Å². The Morgan fingerprint density at radius 3 is 2.13 bits per heavy atom. The number of aromatic nitrogens is 3. The molecule has 0 bridgehead atoms. The monoisotopic (exact) mass is 404 g/mol. The molecule has 0 spiro atoms. The highest BCUT2D eigenvalue weighted by Crippen LogP contribution is 2.34. The number of hydrogen-bond donors (Lipinski definition) is 0. The highest BCUT2D eigenvalue weighted by molar-refractivity contribution is 5.81. The molecule has 5 aromatic rings. The van der Waals surface area contributed by atoms with Gasteiger partial charge in [-0.1, -0.05) is 42.5 Å². The average Bonchev–Trinajstić information content (AvgIpc) is 3.07. The van der Waals surface area contributed by atoms with E-state index in [1.807, 2.05) is 12.4 Å². The first-order valence-corrected chi connectivity index (χ1v) is 10.6. The molecule has 0 amide bonds. The van der Waals surface area contributed by atoms with Gasteiger partial charge in [0.2, 0.25) is 0 Å². The number of aryl methyl sites for hydroxylation is 4. The van der Waals surface area contributed by atoms with Gasteiger partial charge in [-0.25, -0.2) is 4.57 Å². The molecule has 0 unspecified atom stereocenters. The SMILES string of the molecule is Cc1ccncc1-c1n(-c2c(C)cc(-c3ccccc3)cc2C)c2ccccc2[n+]1C. The normalized spacial score (nSPS) is 11.2. The summed E-state index contributed by atoms with van der Waals surface area (Å²) in [7, 11) is 2.14. The van der Waals surface area contributed by atoms with Gasteiger partial charge in [0.05, 0.1) is 12.6 Å².